The van der Waals surface area contributed by atoms with Gasteiger partial charge in [-0.2, -0.15) is 5.10 Å². The summed E-state index contributed by atoms with van der Waals surface area (Å²) in [7, 11) is -2.24. The highest BCUT2D eigenvalue weighted by atomic mass is 35.5. The van der Waals surface area contributed by atoms with Crippen molar-refractivity contribution >= 4 is 56.3 Å². The van der Waals surface area contributed by atoms with Gasteiger partial charge in [0, 0.05) is 35.1 Å². The Morgan fingerprint density at radius 1 is 1.24 bits per heavy atom. The van der Waals surface area contributed by atoms with Crippen LogP contribution in [0.25, 0.3) is 0 Å². The summed E-state index contributed by atoms with van der Waals surface area (Å²) in [4.78, 5) is 25.2. The molecule has 0 radical (unpaired) electrons. The first-order valence-electron chi connectivity index (χ1n) is 8.83. The van der Waals surface area contributed by atoms with Crippen LogP contribution in [0.3, 0.4) is 0 Å². The minimum absolute atomic E-state index is 0.0784. The van der Waals surface area contributed by atoms with E-state index in [-0.39, 0.29) is 33.0 Å². The van der Waals surface area contributed by atoms with Crippen molar-refractivity contribution < 1.29 is 13.8 Å². The number of hydrogen-bond donors (Lipinski definition) is 3. The number of anilines is 1. The summed E-state index contributed by atoms with van der Waals surface area (Å²) in [5.74, 6) is 2.75. The number of piperidine rings is 1. The highest BCUT2D eigenvalue weighted by Crippen LogP contribution is 2.26. The largest absolute Gasteiger partial charge is 0.348 e. The number of carbonyl (C=O) groups excluding carboxylic acids is 2. The smallest absolute Gasteiger partial charge is 0.271 e. The van der Waals surface area contributed by atoms with E-state index in [4.69, 9.17) is 23.2 Å². The molecule has 11 heteroatoms. The standard InChI is InChI=1S/C18H21Cl2N5O3S/c1-29(2,28)25-8-6-11(7-9-25)22-18(27)16-14(10-21-24-16)23-17(26)15-12(19)4-3-5-13(15)20/h3-5,10-11H,1,6-9H2,2H3,(H,21,24)(H,22,27)(H,23,26). The van der Waals surface area contributed by atoms with Crippen molar-refractivity contribution in [3.05, 3.63) is 45.7 Å². The molecule has 1 aliphatic heterocycles. The molecule has 1 fully saturated rings. The van der Waals surface area contributed by atoms with Gasteiger partial charge in [-0.1, -0.05) is 29.3 Å². The van der Waals surface area contributed by atoms with E-state index in [0.717, 1.165) is 0 Å². The van der Waals surface area contributed by atoms with Crippen LogP contribution in [0.2, 0.25) is 10.0 Å². The van der Waals surface area contributed by atoms with E-state index in [9.17, 15) is 13.8 Å². The van der Waals surface area contributed by atoms with Crippen molar-refractivity contribution in [2.45, 2.75) is 18.9 Å². The van der Waals surface area contributed by atoms with Gasteiger partial charge in [-0.3, -0.25) is 18.9 Å². The normalized spacial score (nSPS) is 17.5. The molecule has 0 spiro atoms. The van der Waals surface area contributed by atoms with Gasteiger partial charge in [0.2, 0.25) is 0 Å². The number of carbonyl (C=O) groups is 2. The summed E-state index contributed by atoms with van der Waals surface area (Å²) < 4.78 is 13.8. The van der Waals surface area contributed by atoms with Crippen molar-refractivity contribution in [1.29, 1.82) is 0 Å². The molecule has 2 amide bonds. The van der Waals surface area contributed by atoms with Gasteiger partial charge in [-0.05, 0) is 30.8 Å². The van der Waals surface area contributed by atoms with Gasteiger partial charge in [0.15, 0.2) is 0 Å². The number of nitrogens with zero attached hydrogens (tertiary/aromatic N) is 2. The zero-order valence-electron chi connectivity index (χ0n) is 15.7. The molecule has 2 aromatic rings. The number of aromatic amines is 1. The van der Waals surface area contributed by atoms with Gasteiger partial charge in [0.25, 0.3) is 11.8 Å². The Bertz CT molecular complexity index is 1010. The first-order valence-corrected chi connectivity index (χ1v) is 11.7. The van der Waals surface area contributed by atoms with Gasteiger partial charge in [-0.15, -0.1) is 0 Å². The molecule has 1 aliphatic rings. The summed E-state index contributed by atoms with van der Waals surface area (Å²) in [6.07, 6.45) is 4.25. The Morgan fingerprint density at radius 3 is 2.45 bits per heavy atom. The zero-order chi connectivity index (χ0) is 21.2. The summed E-state index contributed by atoms with van der Waals surface area (Å²) in [5, 5.41) is 12.4. The molecule has 1 aromatic carbocycles. The maximum Gasteiger partial charge on any atom is 0.271 e. The zero-order valence-corrected chi connectivity index (χ0v) is 18.0. The molecule has 3 N–H and O–H groups in total. The van der Waals surface area contributed by atoms with Crippen LogP contribution in [0.1, 0.15) is 33.7 Å². The van der Waals surface area contributed by atoms with E-state index in [1.807, 2.05) is 4.31 Å². The molecular weight excluding hydrogens is 437 g/mol. The average molecular weight is 458 g/mol. The molecule has 156 valence electrons. The van der Waals surface area contributed by atoms with Crippen LogP contribution in [0.5, 0.6) is 0 Å². The van der Waals surface area contributed by atoms with Crippen LogP contribution in [-0.2, 0) is 9.71 Å². The van der Waals surface area contributed by atoms with Gasteiger partial charge in [0.05, 0.1) is 27.5 Å². The molecule has 0 bridgehead atoms. The van der Waals surface area contributed by atoms with Crippen LogP contribution >= 0.6 is 23.2 Å². The molecule has 3 rings (SSSR count). The molecule has 8 nitrogen and oxygen atoms in total. The number of halogens is 2. The number of amides is 2. The second kappa shape index (κ2) is 8.74. The topological polar surface area (TPSA) is 107 Å². The highest BCUT2D eigenvalue weighted by Gasteiger charge is 2.26. The highest BCUT2D eigenvalue weighted by molar-refractivity contribution is 7.97. The minimum atomic E-state index is -2.24. The lowest BCUT2D eigenvalue weighted by molar-refractivity contribution is 0.0920. The van der Waals surface area contributed by atoms with Crippen molar-refractivity contribution in [1.82, 2.24) is 19.8 Å². The maximum absolute atomic E-state index is 12.7. The summed E-state index contributed by atoms with van der Waals surface area (Å²) in [6.45, 7) is 1.17. The lowest BCUT2D eigenvalue weighted by atomic mass is 10.1. The number of rotatable bonds is 5. The monoisotopic (exact) mass is 457 g/mol. The van der Waals surface area contributed by atoms with E-state index >= 15 is 0 Å². The van der Waals surface area contributed by atoms with Crippen molar-refractivity contribution in [2.24, 2.45) is 0 Å². The number of aromatic nitrogens is 2. The van der Waals surface area contributed by atoms with E-state index in [1.54, 1.807) is 24.5 Å². The Balaban J connectivity index is 1.66. The molecule has 1 aromatic heterocycles. The molecule has 1 saturated heterocycles. The molecule has 29 heavy (non-hydrogen) atoms. The van der Waals surface area contributed by atoms with Crippen LogP contribution in [-0.4, -0.2) is 61.8 Å². The molecule has 0 saturated carbocycles. The predicted molar refractivity (Wildman–Crippen MR) is 116 cm³/mol. The lowest BCUT2D eigenvalue weighted by Gasteiger charge is -2.32. The van der Waals surface area contributed by atoms with E-state index in [0.29, 0.717) is 25.9 Å². The van der Waals surface area contributed by atoms with Crippen LogP contribution in [0, 0.1) is 0 Å². The fourth-order valence-corrected chi connectivity index (χ4v) is 4.65. The van der Waals surface area contributed by atoms with E-state index in [1.165, 1.54) is 6.20 Å². The van der Waals surface area contributed by atoms with Gasteiger partial charge in [-0.25, -0.2) is 4.31 Å². The first kappa shape index (κ1) is 21.6. The van der Waals surface area contributed by atoms with Crippen LogP contribution < -0.4 is 10.6 Å². The van der Waals surface area contributed by atoms with E-state index < -0.39 is 21.5 Å². The summed E-state index contributed by atoms with van der Waals surface area (Å²) in [6, 6.07) is 4.66. The fourth-order valence-electron chi connectivity index (χ4n) is 3.10. The third-order valence-electron chi connectivity index (χ3n) is 4.64. The second-order valence-electron chi connectivity index (χ2n) is 6.85. The van der Waals surface area contributed by atoms with Gasteiger partial charge >= 0.3 is 0 Å². The SMILES string of the molecule is C=S(C)(=O)N1CCC(NC(=O)c2[nH]ncc2NC(=O)c2c(Cl)cccc2Cl)CC1. The lowest BCUT2D eigenvalue weighted by Crippen LogP contribution is -2.46. The third kappa shape index (κ3) is 5.11. The summed E-state index contributed by atoms with van der Waals surface area (Å²) >= 11 is 12.1. The Labute approximate surface area is 179 Å². The minimum Gasteiger partial charge on any atom is -0.348 e. The quantitative estimate of drug-likeness (QED) is 0.599. The number of nitrogens with one attached hydrogen (secondary N) is 3. The molecule has 1 unspecified atom stereocenters. The van der Waals surface area contributed by atoms with Crippen molar-refractivity contribution in [2.75, 3.05) is 24.7 Å². The second-order valence-corrected chi connectivity index (χ2v) is 10.1. The van der Waals surface area contributed by atoms with Crippen LogP contribution in [0.4, 0.5) is 5.69 Å². The van der Waals surface area contributed by atoms with Gasteiger partial charge in [0.1, 0.15) is 5.69 Å². The number of hydrogen-bond acceptors (Lipinski definition) is 4. The Hall–Kier alpha value is -2.07. The predicted octanol–water partition coefficient (Wildman–Crippen LogP) is 2.42. The number of benzene rings is 1. The fraction of sp³-hybridized carbons (Fsp3) is 0.333. The van der Waals surface area contributed by atoms with Crippen LogP contribution in [0.15, 0.2) is 24.4 Å². The van der Waals surface area contributed by atoms with Gasteiger partial charge < -0.3 is 10.6 Å². The Kier molecular flexibility index (Phi) is 6.52. The third-order valence-corrected chi connectivity index (χ3v) is 6.73. The molecule has 2 heterocycles. The average Bonchev–Trinajstić information content (AvgIpc) is 3.09. The molecule has 0 aliphatic carbocycles. The summed E-state index contributed by atoms with van der Waals surface area (Å²) in [5.41, 5.74) is 0.461. The first-order chi connectivity index (χ1) is 13.7. The number of H-pyrrole nitrogens is 1. The van der Waals surface area contributed by atoms with Crippen molar-refractivity contribution in [3.8, 4) is 0 Å². The maximum atomic E-state index is 12.7. The van der Waals surface area contributed by atoms with E-state index in [2.05, 4.69) is 26.7 Å². The molecular formula is C18H21Cl2N5O3S. The Morgan fingerprint density at radius 2 is 1.86 bits per heavy atom. The van der Waals surface area contributed by atoms with Crippen molar-refractivity contribution in [3.63, 3.8) is 0 Å². The molecule has 1 atom stereocenters.